The highest BCUT2D eigenvalue weighted by Gasteiger charge is 2.24. The fourth-order valence-electron chi connectivity index (χ4n) is 2.48. The van der Waals surface area contributed by atoms with Crippen LogP contribution in [0.5, 0.6) is 5.75 Å². The summed E-state index contributed by atoms with van der Waals surface area (Å²) in [6, 6.07) is 4.74. The Balaban J connectivity index is 1.64. The molecule has 0 atom stereocenters. The first-order chi connectivity index (χ1) is 12.3. The number of rotatable bonds is 6. The van der Waals surface area contributed by atoms with Crippen LogP contribution in [0.15, 0.2) is 27.4 Å². The van der Waals surface area contributed by atoms with E-state index in [1.807, 2.05) is 0 Å². The van der Waals surface area contributed by atoms with Crippen LogP contribution in [-0.4, -0.2) is 43.0 Å². The molecule has 0 aliphatic heterocycles. The molecule has 1 aromatic carbocycles. The first-order valence-corrected chi connectivity index (χ1v) is 8.61. The van der Waals surface area contributed by atoms with E-state index >= 15 is 0 Å². The number of amides is 2. The maximum atomic E-state index is 12.1. The number of carbonyl (C=O) groups is 2. The molecule has 1 aliphatic rings. The summed E-state index contributed by atoms with van der Waals surface area (Å²) in [5.74, 6) is -0.320. The van der Waals surface area contributed by atoms with Gasteiger partial charge in [0.15, 0.2) is 6.61 Å². The zero-order valence-corrected chi connectivity index (χ0v) is 15.3. The first kappa shape index (κ1) is 18.3. The molecule has 3 rings (SSSR count). The van der Waals surface area contributed by atoms with Gasteiger partial charge in [-0.2, -0.15) is 0 Å². The Morgan fingerprint density at radius 2 is 2.08 bits per heavy atom. The first-order valence-electron chi connectivity index (χ1n) is 8.23. The van der Waals surface area contributed by atoms with Crippen LogP contribution in [0.3, 0.4) is 0 Å². The number of hydrogen-bond donors (Lipinski definition) is 1. The largest absolute Gasteiger partial charge is 0.482 e. The van der Waals surface area contributed by atoms with Gasteiger partial charge in [0, 0.05) is 30.6 Å². The third-order valence-electron chi connectivity index (χ3n) is 4.10. The van der Waals surface area contributed by atoms with Crippen molar-refractivity contribution in [3.05, 3.63) is 39.2 Å². The predicted octanol–water partition coefficient (Wildman–Crippen LogP) is 1.87. The molecular weight excluding hydrogens is 360 g/mol. The number of hydrogen-bond acceptors (Lipinski definition) is 5. The van der Waals surface area contributed by atoms with E-state index in [9.17, 15) is 14.4 Å². The third kappa shape index (κ3) is 4.35. The van der Waals surface area contributed by atoms with Gasteiger partial charge >= 0.3 is 5.63 Å². The van der Waals surface area contributed by atoms with Gasteiger partial charge in [-0.05, 0) is 31.4 Å². The van der Waals surface area contributed by atoms with Gasteiger partial charge in [-0.1, -0.05) is 11.6 Å². The molecule has 7 nitrogen and oxygen atoms in total. The fourth-order valence-corrected chi connectivity index (χ4v) is 2.70. The van der Waals surface area contributed by atoms with Crippen LogP contribution >= 0.6 is 11.6 Å². The summed E-state index contributed by atoms with van der Waals surface area (Å²) < 4.78 is 10.6. The van der Waals surface area contributed by atoms with Gasteiger partial charge in [0.1, 0.15) is 11.3 Å². The smallest absolute Gasteiger partial charge is 0.336 e. The van der Waals surface area contributed by atoms with E-state index in [4.69, 9.17) is 20.8 Å². The van der Waals surface area contributed by atoms with E-state index in [1.54, 1.807) is 13.0 Å². The van der Waals surface area contributed by atoms with E-state index in [0.717, 1.165) is 18.4 Å². The van der Waals surface area contributed by atoms with Crippen LogP contribution in [0.25, 0.3) is 11.0 Å². The number of halogens is 1. The summed E-state index contributed by atoms with van der Waals surface area (Å²) in [5.41, 5.74) is 0.599. The minimum Gasteiger partial charge on any atom is -0.482 e. The molecule has 0 radical (unpaired) electrons. The van der Waals surface area contributed by atoms with Gasteiger partial charge in [-0.25, -0.2) is 4.79 Å². The Morgan fingerprint density at radius 1 is 1.35 bits per heavy atom. The fraction of sp³-hybridized carbons (Fsp3) is 0.389. The molecule has 1 fully saturated rings. The lowest BCUT2D eigenvalue weighted by Crippen LogP contribution is -2.40. The maximum Gasteiger partial charge on any atom is 0.336 e. The number of nitrogens with one attached hydrogen (secondary N) is 1. The third-order valence-corrected chi connectivity index (χ3v) is 4.40. The van der Waals surface area contributed by atoms with Crippen LogP contribution < -0.4 is 15.7 Å². The van der Waals surface area contributed by atoms with Gasteiger partial charge in [-0.3, -0.25) is 9.59 Å². The van der Waals surface area contributed by atoms with Crippen LogP contribution in [-0.2, 0) is 9.59 Å². The second-order valence-corrected chi connectivity index (χ2v) is 6.81. The lowest BCUT2D eigenvalue weighted by molar-refractivity contribution is -0.136. The van der Waals surface area contributed by atoms with Crippen molar-refractivity contribution in [2.75, 3.05) is 20.2 Å². The average Bonchev–Trinajstić information content (AvgIpc) is 3.37. The second-order valence-electron chi connectivity index (χ2n) is 6.41. The molecule has 2 amide bonds. The summed E-state index contributed by atoms with van der Waals surface area (Å²) in [6.07, 6.45) is 1.98. The Labute approximate surface area is 154 Å². The Morgan fingerprint density at radius 3 is 2.77 bits per heavy atom. The summed E-state index contributed by atoms with van der Waals surface area (Å²) in [5, 5.41) is 3.82. The van der Waals surface area contributed by atoms with Crippen LogP contribution in [0, 0.1) is 6.92 Å². The molecule has 0 bridgehead atoms. The number of benzene rings is 1. The lowest BCUT2D eigenvalue weighted by Gasteiger charge is -2.17. The Kier molecular flexibility index (Phi) is 5.18. The van der Waals surface area contributed by atoms with Gasteiger partial charge in [0.25, 0.3) is 5.91 Å². The van der Waals surface area contributed by atoms with Crippen molar-refractivity contribution in [3.63, 3.8) is 0 Å². The van der Waals surface area contributed by atoms with Crippen molar-refractivity contribution in [3.8, 4) is 5.75 Å². The van der Waals surface area contributed by atoms with E-state index in [1.165, 1.54) is 24.1 Å². The van der Waals surface area contributed by atoms with Crippen LogP contribution in [0.2, 0.25) is 5.02 Å². The Bertz CT molecular complexity index is 920. The van der Waals surface area contributed by atoms with Crippen molar-refractivity contribution < 1.29 is 18.7 Å². The van der Waals surface area contributed by atoms with Crippen LogP contribution in [0.4, 0.5) is 0 Å². The molecule has 8 heteroatoms. The quantitative estimate of drug-likeness (QED) is 0.775. The minimum atomic E-state index is -0.472. The molecule has 1 aromatic heterocycles. The number of carbonyl (C=O) groups excluding carboxylic acids is 2. The van der Waals surface area contributed by atoms with E-state index in [2.05, 4.69) is 5.32 Å². The van der Waals surface area contributed by atoms with E-state index in [0.29, 0.717) is 16.0 Å². The summed E-state index contributed by atoms with van der Waals surface area (Å²) in [6.45, 7) is 1.47. The molecule has 1 aliphatic carbocycles. The topological polar surface area (TPSA) is 88.8 Å². The number of likely N-dealkylation sites (N-methyl/N-ethyl adjacent to an activating group) is 1. The standard InChI is InChI=1S/C18H19ClN2O5/c1-10-5-18(24)26-14-7-15(13(19)6-12(10)14)25-9-17(23)21(2)8-16(22)20-11-3-4-11/h5-7,11H,3-4,8-9H2,1-2H3,(H,20,22). The van der Waals surface area contributed by atoms with Crippen molar-refractivity contribution >= 4 is 34.4 Å². The zero-order valence-electron chi connectivity index (χ0n) is 14.5. The molecule has 0 spiro atoms. The molecule has 138 valence electrons. The van der Waals surface area contributed by atoms with E-state index < -0.39 is 5.63 Å². The molecule has 0 unspecified atom stereocenters. The zero-order chi connectivity index (χ0) is 18.8. The van der Waals surface area contributed by atoms with Crippen molar-refractivity contribution in [2.45, 2.75) is 25.8 Å². The molecular formula is C18H19ClN2O5. The van der Waals surface area contributed by atoms with Crippen molar-refractivity contribution in [1.29, 1.82) is 0 Å². The van der Waals surface area contributed by atoms with Crippen LogP contribution in [0.1, 0.15) is 18.4 Å². The minimum absolute atomic E-state index is 0.0295. The summed E-state index contributed by atoms with van der Waals surface area (Å²) in [7, 11) is 1.53. The summed E-state index contributed by atoms with van der Waals surface area (Å²) >= 11 is 6.19. The van der Waals surface area contributed by atoms with Gasteiger partial charge in [0.05, 0.1) is 11.6 Å². The molecule has 26 heavy (non-hydrogen) atoms. The van der Waals surface area contributed by atoms with Gasteiger partial charge < -0.3 is 19.4 Å². The summed E-state index contributed by atoms with van der Waals surface area (Å²) in [4.78, 5) is 36.7. The highest BCUT2D eigenvalue weighted by atomic mass is 35.5. The van der Waals surface area contributed by atoms with E-state index in [-0.39, 0.29) is 36.8 Å². The monoisotopic (exact) mass is 378 g/mol. The van der Waals surface area contributed by atoms with Gasteiger partial charge in [0.2, 0.25) is 5.91 Å². The SMILES string of the molecule is Cc1cc(=O)oc2cc(OCC(=O)N(C)CC(=O)NC3CC3)c(Cl)cc12. The Hall–Kier alpha value is -2.54. The molecule has 0 saturated heterocycles. The lowest BCUT2D eigenvalue weighted by atomic mass is 10.1. The maximum absolute atomic E-state index is 12.1. The highest BCUT2D eigenvalue weighted by molar-refractivity contribution is 6.32. The predicted molar refractivity (Wildman–Crippen MR) is 96.5 cm³/mol. The number of nitrogens with zero attached hydrogens (tertiary/aromatic N) is 1. The van der Waals surface area contributed by atoms with Crippen molar-refractivity contribution in [1.82, 2.24) is 10.2 Å². The van der Waals surface area contributed by atoms with Crippen molar-refractivity contribution in [2.24, 2.45) is 0 Å². The highest BCUT2D eigenvalue weighted by Crippen LogP contribution is 2.31. The molecule has 1 saturated carbocycles. The molecule has 1 N–H and O–H groups in total. The van der Waals surface area contributed by atoms with Gasteiger partial charge in [-0.15, -0.1) is 0 Å². The average molecular weight is 379 g/mol. The number of ether oxygens (including phenoxy) is 1. The second kappa shape index (κ2) is 7.37. The molecule has 1 heterocycles. The molecule has 2 aromatic rings. The number of fused-ring (bicyclic) bond motifs is 1. The normalized spacial score (nSPS) is 13.5. The number of aryl methyl sites for hydroxylation is 1.